The number of nitrogens with one attached hydrogen (secondary N) is 1. The Morgan fingerprint density at radius 1 is 1.52 bits per heavy atom. The van der Waals surface area contributed by atoms with Crippen LogP contribution in [0.15, 0.2) is 11.3 Å². The lowest BCUT2D eigenvalue weighted by Gasteiger charge is -2.34. The maximum atomic E-state index is 4.40. The third kappa shape index (κ3) is 5.01. The van der Waals surface area contributed by atoms with E-state index >= 15 is 0 Å². The van der Waals surface area contributed by atoms with E-state index in [0.717, 1.165) is 31.4 Å². The van der Waals surface area contributed by atoms with Gasteiger partial charge in [-0.1, -0.05) is 6.92 Å². The van der Waals surface area contributed by atoms with Crippen LogP contribution in [0.25, 0.3) is 0 Å². The lowest BCUT2D eigenvalue weighted by Crippen LogP contribution is -2.47. The SMILES string of the molecule is CCC1CN(C(=NC)NCc2nncn2CC)CCS1.I. The van der Waals surface area contributed by atoms with Crippen molar-refractivity contribution in [2.45, 2.75) is 38.6 Å². The number of aliphatic imine (C=N–C) groups is 1. The second-order valence-electron chi connectivity index (χ2n) is 4.78. The van der Waals surface area contributed by atoms with Crippen LogP contribution in [0.5, 0.6) is 0 Å². The van der Waals surface area contributed by atoms with Gasteiger partial charge < -0.3 is 14.8 Å². The quantitative estimate of drug-likeness (QED) is 0.454. The van der Waals surface area contributed by atoms with Crippen LogP contribution >= 0.6 is 35.7 Å². The van der Waals surface area contributed by atoms with Gasteiger partial charge in [0.2, 0.25) is 0 Å². The molecule has 120 valence electrons. The first-order chi connectivity index (χ1) is 9.78. The molecular weight excluding hydrogens is 399 g/mol. The number of aromatic nitrogens is 3. The van der Waals surface area contributed by atoms with Crippen molar-refractivity contribution in [3.8, 4) is 0 Å². The van der Waals surface area contributed by atoms with Gasteiger partial charge in [-0.25, -0.2) is 0 Å². The molecule has 6 nitrogen and oxygen atoms in total. The third-order valence-corrected chi connectivity index (χ3v) is 4.92. The average Bonchev–Trinajstić information content (AvgIpc) is 2.95. The van der Waals surface area contributed by atoms with Crippen molar-refractivity contribution in [1.29, 1.82) is 0 Å². The highest BCUT2D eigenvalue weighted by molar-refractivity contribution is 14.0. The van der Waals surface area contributed by atoms with Gasteiger partial charge in [-0.3, -0.25) is 4.99 Å². The smallest absolute Gasteiger partial charge is 0.194 e. The first-order valence-electron chi connectivity index (χ1n) is 7.22. The van der Waals surface area contributed by atoms with E-state index in [1.807, 2.05) is 11.6 Å². The molecule has 1 aromatic heterocycles. The molecular formula is C13H25IN6S. The predicted octanol–water partition coefficient (Wildman–Crippen LogP) is 1.82. The maximum Gasteiger partial charge on any atom is 0.194 e. The predicted molar refractivity (Wildman–Crippen MR) is 99.4 cm³/mol. The fourth-order valence-corrected chi connectivity index (χ4v) is 3.51. The first-order valence-corrected chi connectivity index (χ1v) is 8.27. The minimum atomic E-state index is 0. The Hall–Kier alpha value is -0.510. The Bertz CT molecular complexity index is 450. The van der Waals surface area contributed by atoms with Crippen molar-refractivity contribution >= 4 is 41.7 Å². The number of hydrogen-bond donors (Lipinski definition) is 1. The van der Waals surface area contributed by atoms with E-state index in [4.69, 9.17) is 0 Å². The highest BCUT2D eigenvalue weighted by Gasteiger charge is 2.21. The molecule has 1 fully saturated rings. The Balaban J connectivity index is 0.00000220. The minimum absolute atomic E-state index is 0. The van der Waals surface area contributed by atoms with Crippen LogP contribution in [0.3, 0.4) is 0 Å². The number of rotatable bonds is 4. The number of aryl methyl sites for hydroxylation is 1. The van der Waals surface area contributed by atoms with Crippen LogP contribution in [0, 0.1) is 0 Å². The van der Waals surface area contributed by atoms with Crippen LogP contribution in [-0.2, 0) is 13.1 Å². The van der Waals surface area contributed by atoms with Crippen LogP contribution in [0.1, 0.15) is 26.1 Å². The van der Waals surface area contributed by atoms with Crippen molar-refractivity contribution < 1.29 is 0 Å². The Labute approximate surface area is 148 Å². The van der Waals surface area contributed by atoms with Crippen LogP contribution in [0.4, 0.5) is 0 Å². The largest absolute Gasteiger partial charge is 0.349 e. The van der Waals surface area contributed by atoms with Crippen molar-refractivity contribution in [2.24, 2.45) is 4.99 Å². The molecule has 1 saturated heterocycles. The summed E-state index contributed by atoms with van der Waals surface area (Å²) in [6.45, 7) is 8.03. The summed E-state index contributed by atoms with van der Waals surface area (Å²) in [5, 5.41) is 12.2. The van der Waals surface area contributed by atoms with Gasteiger partial charge in [0, 0.05) is 37.7 Å². The maximum absolute atomic E-state index is 4.40. The van der Waals surface area contributed by atoms with Gasteiger partial charge in [0.1, 0.15) is 6.33 Å². The van der Waals surface area contributed by atoms with E-state index in [-0.39, 0.29) is 24.0 Å². The molecule has 0 aliphatic carbocycles. The molecule has 0 aromatic carbocycles. The van der Waals surface area contributed by atoms with E-state index in [1.165, 1.54) is 12.2 Å². The Kier molecular flexibility index (Phi) is 8.38. The summed E-state index contributed by atoms with van der Waals surface area (Å²) >= 11 is 2.07. The molecule has 8 heteroatoms. The standard InChI is InChI=1S/C13H24N6S.HI/c1-4-11-9-19(6-7-20-11)13(14-3)15-8-12-17-16-10-18(12)5-2;/h10-11H,4-9H2,1-3H3,(H,14,15);1H. The molecule has 0 saturated carbocycles. The summed E-state index contributed by atoms with van der Waals surface area (Å²) in [5.74, 6) is 3.09. The topological polar surface area (TPSA) is 58.3 Å². The number of guanidine groups is 1. The molecule has 0 radical (unpaired) electrons. The van der Waals surface area contributed by atoms with E-state index in [2.05, 4.69) is 51.0 Å². The van der Waals surface area contributed by atoms with Crippen LogP contribution in [-0.4, -0.2) is 56.8 Å². The average molecular weight is 424 g/mol. The van der Waals surface area contributed by atoms with E-state index < -0.39 is 0 Å². The van der Waals surface area contributed by atoms with E-state index in [9.17, 15) is 0 Å². The highest BCUT2D eigenvalue weighted by Crippen LogP contribution is 2.20. The molecule has 1 unspecified atom stereocenters. The minimum Gasteiger partial charge on any atom is -0.349 e. The molecule has 2 heterocycles. The summed E-state index contributed by atoms with van der Waals surface area (Å²) in [7, 11) is 1.84. The number of thioether (sulfide) groups is 1. The summed E-state index contributed by atoms with van der Waals surface area (Å²) in [6.07, 6.45) is 2.98. The van der Waals surface area contributed by atoms with Crippen LogP contribution < -0.4 is 5.32 Å². The van der Waals surface area contributed by atoms with Gasteiger partial charge in [-0.2, -0.15) is 11.8 Å². The zero-order valence-electron chi connectivity index (χ0n) is 12.9. The molecule has 21 heavy (non-hydrogen) atoms. The van der Waals surface area contributed by atoms with Gasteiger partial charge >= 0.3 is 0 Å². The zero-order valence-corrected chi connectivity index (χ0v) is 16.1. The fourth-order valence-electron chi connectivity index (χ4n) is 2.33. The summed E-state index contributed by atoms with van der Waals surface area (Å²) in [4.78, 5) is 6.74. The molecule has 0 amide bonds. The second-order valence-corrected chi connectivity index (χ2v) is 6.19. The lowest BCUT2D eigenvalue weighted by molar-refractivity contribution is 0.407. The van der Waals surface area contributed by atoms with Crippen molar-refractivity contribution in [2.75, 3.05) is 25.9 Å². The summed E-state index contributed by atoms with van der Waals surface area (Å²) in [5.41, 5.74) is 0. The van der Waals surface area contributed by atoms with Gasteiger partial charge in [0.05, 0.1) is 6.54 Å². The zero-order chi connectivity index (χ0) is 14.4. The van der Waals surface area contributed by atoms with E-state index in [1.54, 1.807) is 6.33 Å². The number of nitrogens with zero attached hydrogens (tertiary/aromatic N) is 5. The molecule has 1 aromatic rings. The highest BCUT2D eigenvalue weighted by atomic mass is 127. The monoisotopic (exact) mass is 424 g/mol. The molecule has 2 rings (SSSR count). The van der Waals surface area contributed by atoms with Gasteiger partial charge in [0.25, 0.3) is 0 Å². The Morgan fingerprint density at radius 3 is 3.00 bits per heavy atom. The number of halogens is 1. The number of hydrogen-bond acceptors (Lipinski definition) is 4. The lowest BCUT2D eigenvalue weighted by atomic mass is 10.3. The summed E-state index contributed by atoms with van der Waals surface area (Å²) < 4.78 is 2.04. The van der Waals surface area contributed by atoms with Crippen LogP contribution in [0.2, 0.25) is 0 Å². The third-order valence-electron chi connectivity index (χ3n) is 3.55. The molecule has 1 atom stereocenters. The molecule has 1 N–H and O–H groups in total. The van der Waals surface area contributed by atoms with Crippen molar-refractivity contribution in [1.82, 2.24) is 25.0 Å². The Morgan fingerprint density at radius 2 is 2.33 bits per heavy atom. The van der Waals surface area contributed by atoms with Gasteiger partial charge in [-0.05, 0) is 13.3 Å². The molecule has 0 bridgehead atoms. The summed E-state index contributed by atoms with van der Waals surface area (Å²) in [6, 6.07) is 0. The molecule has 1 aliphatic heterocycles. The molecule has 1 aliphatic rings. The normalized spacial score (nSPS) is 19.3. The van der Waals surface area contributed by atoms with Gasteiger partial charge in [0.15, 0.2) is 11.8 Å². The first kappa shape index (κ1) is 18.5. The van der Waals surface area contributed by atoms with E-state index in [0.29, 0.717) is 11.8 Å². The second kappa shape index (κ2) is 9.50. The fraction of sp³-hybridized carbons (Fsp3) is 0.769. The van der Waals surface area contributed by atoms with Crippen molar-refractivity contribution in [3.05, 3.63) is 12.2 Å². The molecule has 0 spiro atoms. The van der Waals surface area contributed by atoms with Crippen molar-refractivity contribution in [3.63, 3.8) is 0 Å². The van der Waals surface area contributed by atoms with Gasteiger partial charge in [-0.15, -0.1) is 34.2 Å².